The van der Waals surface area contributed by atoms with Gasteiger partial charge in [0.05, 0.1) is 0 Å². The number of carbonyl (C=O) groups is 1. The van der Waals surface area contributed by atoms with Crippen LogP contribution >= 0.6 is 0 Å². The van der Waals surface area contributed by atoms with E-state index in [1.54, 1.807) is 0 Å². The highest BCUT2D eigenvalue weighted by Gasteiger charge is 1.75. The van der Waals surface area contributed by atoms with E-state index >= 15 is 0 Å². The third kappa shape index (κ3) is 3.63. The molecule has 0 fully saturated rings. The third-order valence-corrected chi connectivity index (χ3v) is 0.430. The molecule has 0 atom stereocenters. The number of aldehydes is 1. The van der Waals surface area contributed by atoms with E-state index in [1.807, 2.05) is 0 Å². The maximum absolute atomic E-state index is 9.45. The number of hydrogen-bond donors (Lipinski definition) is 1. The van der Waals surface area contributed by atoms with Gasteiger partial charge in [-0.3, -0.25) is 0 Å². The smallest absolute Gasteiger partial charge is 0.123 e. The molecule has 0 saturated heterocycles. The Labute approximate surface area is 37.3 Å². The van der Waals surface area contributed by atoms with Crippen molar-refractivity contribution in [2.45, 2.75) is 6.42 Å². The van der Waals surface area contributed by atoms with Gasteiger partial charge in [0.2, 0.25) is 0 Å². The summed E-state index contributed by atoms with van der Waals surface area (Å²) >= 11 is 0. The number of nitrogens with two attached hydrogens (primary N) is 1. The normalized spacial score (nSPS) is 8.17. The van der Waals surface area contributed by atoms with Gasteiger partial charge in [-0.15, -0.1) is 0 Å². The molecule has 0 heterocycles. The first-order valence-electron chi connectivity index (χ1n) is 1.89. The number of carbonyl (C=O) groups excluding carboxylic acids is 1. The van der Waals surface area contributed by atoms with Crippen molar-refractivity contribution in [3.8, 4) is 0 Å². The minimum atomic E-state index is 0.568. The number of hydrogen-bond acceptors (Lipinski definition) is 2. The second-order valence-corrected chi connectivity index (χ2v) is 0.949. The molecule has 2 heteroatoms. The minimum absolute atomic E-state index is 0.568. The van der Waals surface area contributed by atoms with E-state index < -0.39 is 0 Å². The fourth-order valence-corrected chi connectivity index (χ4v) is 0.164. The summed E-state index contributed by atoms with van der Waals surface area (Å²) in [6, 6.07) is 0. The van der Waals surface area contributed by atoms with Gasteiger partial charge in [0.1, 0.15) is 6.29 Å². The highest BCUT2D eigenvalue weighted by Crippen LogP contribution is 1.73. The molecule has 35 valence electrons. The summed E-state index contributed by atoms with van der Waals surface area (Å²) in [5.41, 5.74) is 5.02. The summed E-state index contributed by atoms with van der Waals surface area (Å²) in [6.07, 6.45) is 2.95. The number of unbranched alkanes of at least 4 members (excludes halogenated alkanes) is 1. The van der Waals surface area contributed by atoms with Crippen molar-refractivity contribution < 1.29 is 4.79 Å². The minimum Gasteiger partial charge on any atom is -0.330 e. The third-order valence-electron chi connectivity index (χ3n) is 0.430. The second-order valence-electron chi connectivity index (χ2n) is 0.949. The van der Waals surface area contributed by atoms with Crippen molar-refractivity contribution in [1.29, 1.82) is 0 Å². The van der Waals surface area contributed by atoms with Gasteiger partial charge in [0, 0.05) is 6.42 Å². The van der Waals surface area contributed by atoms with Gasteiger partial charge in [-0.05, 0) is 13.0 Å². The molecule has 0 aromatic rings. The fraction of sp³-hybridized carbons (Fsp3) is 0.500. The van der Waals surface area contributed by atoms with Crippen molar-refractivity contribution >= 4 is 6.29 Å². The van der Waals surface area contributed by atoms with Crippen LogP contribution in [0.1, 0.15) is 6.42 Å². The Morgan fingerprint density at radius 3 is 2.50 bits per heavy atom. The summed E-state index contributed by atoms with van der Waals surface area (Å²) in [6.45, 7) is 0.568. The zero-order valence-electron chi connectivity index (χ0n) is 3.55. The van der Waals surface area contributed by atoms with Gasteiger partial charge in [-0.1, -0.05) is 0 Å². The van der Waals surface area contributed by atoms with E-state index in [1.165, 1.54) is 6.42 Å². The van der Waals surface area contributed by atoms with Crippen LogP contribution in [0.4, 0.5) is 0 Å². The van der Waals surface area contributed by atoms with Crippen molar-refractivity contribution in [3.63, 3.8) is 0 Å². The van der Waals surface area contributed by atoms with Crippen molar-refractivity contribution in [3.05, 3.63) is 6.42 Å². The Morgan fingerprint density at radius 1 is 1.67 bits per heavy atom. The maximum Gasteiger partial charge on any atom is 0.123 e. The van der Waals surface area contributed by atoms with Crippen molar-refractivity contribution in [2.75, 3.05) is 6.54 Å². The van der Waals surface area contributed by atoms with Gasteiger partial charge < -0.3 is 10.5 Å². The van der Waals surface area contributed by atoms with Gasteiger partial charge in [-0.25, -0.2) is 0 Å². The molecule has 0 aromatic carbocycles. The Morgan fingerprint density at radius 2 is 2.33 bits per heavy atom. The lowest BCUT2D eigenvalue weighted by molar-refractivity contribution is -0.105. The van der Waals surface area contributed by atoms with Crippen LogP contribution in [0.2, 0.25) is 0 Å². The van der Waals surface area contributed by atoms with Crippen LogP contribution in [-0.2, 0) is 4.79 Å². The lowest BCUT2D eigenvalue weighted by Gasteiger charge is -1.79. The molecular formula is C4H8NO. The van der Waals surface area contributed by atoms with E-state index in [0.29, 0.717) is 13.0 Å². The molecule has 1 radical (unpaired) electrons. The van der Waals surface area contributed by atoms with Crippen LogP contribution in [0.25, 0.3) is 0 Å². The Hall–Kier alpha value is -0.370. The molecule has 2 N–H and O–H groups in total. The zero-order valence-corrected chi connectivity index (χ0v) is 3.55. The molecule has 0 unspecified atom stereocenters. The monoisotopic (exact) mass is 86.1 g/mol. The van der Waals surface area contributed by atoms with E-state index in [2.05, 4.69) is 0 Å². The van der Waals surface area contributed by atoms with Gasteiger partial charge in [-0.2, -0.15) is 0 Å². The van der Waals surface area contributed by atoms with E-state index in [9.17, 15) is 4.79 Å². The average molecular weight is 86.1 g/mol. The van der Waals surface area contributed by atoms with Crippen LogP contribution < -0.4 is 5.73 Å². The molecule has 0 aromatic heterocycles. The van der Waals surface area contributed by atoms with E-state index in [0.717, 1.165) is 6.29 Å². The lowest BCUT2D eigenvalue weighted by atomic mass is 10.3. The first-order chi connectivity index (χ1) is 2.91. The molecule has 0 aliphatic rings. The van der Waals surface area contributed by atoms with Crippen LogP contribution in [-0.4, -0.2) is 12.8 Å². The van der Waals surface area contributed by atoms with E-state index in [4.69, 9.17) is 5.73 Å². The van der Waals surface area contributed by atoms with Crippen LogP contribution in [0, 0.1) is 6.42 Å². The molecule has 0 rings (SSSR count). The van der Waals surface area contributed by atoms with Gasteiger partial charge in [0.15, 0.2) is 0 Å². The molecule has 2 nitrogen and oxygen atoms in total. The Balaban J connectivity index is 2.49. The van der Waals surface area contributed by atoms with Crippen LogP contribution in [0.3, 0.4) is 0 Å². The van der Waals surface area contributed by atoms with Gasteiger partial charge >= 0.3 is 0 Å². The second kappa shape index (κ2) is 4.63. The zero-order chi connectivity index (χ0) is 4.83. The SMILES string of the molecule is NCC[CH]C=O. The Bertz CT molecular complexity index is 36.5. The molecule has 0 amide bonds. The van der Waals surface area contributed by atoms with Crippen molar-refractivity contribution in [1.82, 2.24) is 0 Å². The first-order valence-corrected chi connectivity index (χ1v) is 1.89. The van der Waals surface area contributed by atoms with Crippen molar-refractivity contribution in [2.24, 2.45) is 5.73 Å². The standard InChI is InChI=1S/C4H8NO/c5-3-1-2-4-6/h2,4H,1,3,5H2. The largest absolute Gasteiger partial charge is 0.330 e. The molecule has 0 saturated carbocycles. The molecular weight excluding hydrogens is 78.0 g/mol. The molecule has 0 bridgehead atoms. The molecule has 0 spiro atoms. The summed E-state index contributed by atoms with van der Waals surface area (Å²) in [5, 5.41) is 0. The topological polar surface area (TPSA) is 43.1 Å². The first kappa shape index (κ1) is 5.63. The highest BCUT2D eigenvalue weighted by molar-refractivity contribution is 5.60. The van der Waals surface area contributed by atoms with Gasteiger partial charge in [0.25, 0.3) is 0 Å². The van der Waals surface area contributed by atoms with Crippen LogP contribution in [0.5, 0.6) is 0 Å². The fourth-order valence-electron chi connectivity index (χ4n) is 0.164. The predicted octanol–water partition coefficient (Wildman–Crippen LogP) is -0.262. The summed E-state index contributed by atoms with van der Waals surface area (Å²) in [5.74, 6) is 0. The van der Waals surface area contributed by atoms with E-state index in [-0.39, 0.29) is 0 Å². The summed E-state index contributed by atoms with van der Waals surface area (Å²) < 4.78 is 0. The quantitative estimate of drug-likeness (QED) is 0.380. The van der Waals surface area contributed by atoms with Crippen LogP contribution in [0.15, 0.2) is 0 Å². The number of rotatable bonds is 3. The Kier molecular flexibility index (Phi) is 4.34. The predicted molar refractivity (Wildman–Crippen MR) is 24.0 cm³/mol. The average Bonchev–Trinajstić information content (AvgIpc) is 1.61. The summed E-state index contributed by atoms with van der Waals surface area (Å²) in [7, 11) is 0. The maximum atomic E-state index is 9.45. The lowest BCUT2D eigenvalue weighted by Crippen LogP contribution is -1.97. The summed E-state index contributed by atoms with van der Waals surface area (Å²) in [4.78, 5) is 9.45. The molecule has 0 aliphatic heterocycles. The molecule has 0 aliphatic carbocycles. The molecule has 6 heavy (non-hydrogen) atoms. The highest BCUT2D eigenvalue weighted by atomic mass is 16.1.